The second kappa shape index (κ2) is 15.3. The number of phenols is 1. The van der Waals surface area contributed by atoms with Gasteiger partial charge in [-0.05, 0) is 51.8 Å². The van der Waals surface area contributed by atoms with Gasteiger partial charge in [0.1, 0.15) is 23.9 Å². The van der Waals surface area contributed by atoms with Crippen molar-refractivity contribution in [1.82, 2.24) is 36.3 Å². The van der Waals surface area contributed by atoms with Gasteiger partial charge in [-0.1, -0.05) is 12.1 Å². The Balaban J connectivity index is 1.31. The fourth-order valence-electron chi connectivity index (χ4n) is 4.59. The van der Waals surface area contributed by atoms with Crippen LogP contribution in [0.3, 0.4) is 0 Å². The summed E-state index contributed by atoms with van der Waals surface area (Å²) in [5, 5.41) is 41.0. The zero-order chi connectivity index (χ0) is 31.7. The predicted molar refractivity (Wildman–Crippen MR) is 148 cm³/mol. The fourth-order valence-corrected chi connectivity index (χ4v) is 4.59. The lowest BCUT2D eigenvalue weighted by Crippen LogP contribution is -2.54. The molecule has 0 bridgehead atoms. The third kappa shape index (κ3) is 9.10. The highest BCUT2D eigenvalue weighted by Crippen LogP contribution is 2.25. The molecule has 2 saturated heterocycles. The molecule has 236 valence electrons. The lowest BCUT2D eigenvalue weighted by molar-refractivity contribution is -0.173. The molecule has 1 aromatic rings. The number of phenolic OH excluding ortho intramolecular Hbond substituents is 1. The maximum atomic E-state index is 12.5. The van der Waals surface area contributed by atoms with Crippen LogP contribution in [-0.4, -0.2) is 123 Å². The molecule has 43 heavy (non-hydrogen) atoms. The monoisotopic (exact) mass is 605 g/mol. The number of carbonyl (C=O) groups is 6. The number of amides is 6. The first kappa shape index (κ1) is 33.2. The van der Waals surface area contributed by atoms with Crippen molar-refractivity contribution in [3.8, 4) is 5.75 Å². The quantitative estimate of drug-likeness (QED) is 0.0724. The molecule has 0 aromatic heterocycles. The van der Waals surface area contributed by atoms with Crippen LogP contribution in [0.25, 0.3) is 0 Å². The number of carbonyl (C=O) groups excluding carboxylic acids is 6. The zero-order valence-corrected chi connectivity index (χ0v) is 24.1. The Morgan fingerprint density at radius 1 is 1.14 bits per heavy atom. The van der Waals surface area contributed by atoms with Crippen molar-refractivity contribution in [2.45, 2.75) is 63.2 Å². The van der Waals surface area contributed by atoms with Crippen LogP contribution in [-0.2, 0) is 24.0 Å². The van der Waals surface area contributed by atoms with Gasteiger partial charge in [0.05, 0.1) is 18.2 Å². The largest absolute Gasteiger partial charge is 0.507 e. The number of nitrogens with one attached hydrogen (secondary N) is 4. The minimum absolute atomic E-state index is 0.0746. The first-order chi connectivity index (χ1) is 20.4. The molecule has 2 heterocycles. The SMILES string of the molecule is CN[C@H](CCCN(O)C(=O)CCNC(=O)[C@H](C)NC(=O)[C@H]1CN1C(=O)c1ccccc1O)C(=O)N[C@H]1CCCN(O)C1=O. The van der Waals surface area contributed by atoms with Gasteiger partial charge in [0.25, 0.3) is 11.8 Å². The van der Waals surface area contributed by atoms with E-state index in [1.807, 2.05) is 0 Å². The Morgan fingerprint density at radius 3 is 2.56 bits per heavy atom. The highest BCUT2D eigenvalue weighted by molar-refractivity contribution is 6.03. The van der Waals surface area contributed by atoms with Crippen LogP contribution in [0.5, 0.6) is 5.75 Å². The molecule has 0 spiro atoms. The van der Waals surface area contributed by atoms with Crippen LogP contribution in [0.1, 0.15) is 49.4 Å². The third-order valence-electron chi connectivity index (χ3n) is 7.25. The molecule has 7 N–H and O–H groups in total. The summed E-state index contributed by atoms with van der Waals surface area (Å²) in [5.41, 5.74) is 0.0749. The molecule has 16 nitrogen and oxygen atoms in total. The standard InChI is InChI=1S/C27H39N7O9/c1-16(30-25(39)20-15-32(20)26(40)17-7-3-4-10-21(17)35)23(37)29-12-11-22(36)33(42)13-5-8-18(28-2)24(38)31-19-9-6-14-34(43)27(19)41/h3-4,7,10,16,18-20,28,35,42-43H,5-6,8-9,11-15H2,1-2H3,(H,29,37)(H,30,39)(H,31,38)/t16-,18+,19-,20+,32?/m0/s1. The van der Waals surface area contributed by atoms with E-state index >= 15 is 0 Å². The second-order valence-electron chi connectivity index (χ2n) is 10.4. The number of hydrogen-bond acceptors (Lipinski definition) is 10. The number of nitrogens with zero attached hydrogens (tertiary/aromatic N) is 3. The van der Waals surface area contributed by atoms with E-state index in [1.165, 1.54) is 24.0 Å². The maximum Gasteiger partial charge on any atom is 0.268 e. The van der Waals surface area contributed by atoms with Gasteiger partial charge in [0.15, 0.2) is 0 Å². The Morgan fingerprint density at radius 2 is 1.86 bits per heavy atom. The van der Waals surface area contributed by atoms with Crippen LogP contribution in [0.15, 0.2) is 24.3 Å². The number of para-hydroxylation sites is 1. The summed E-state index contributed by atoms with van der Waals surface area (Å²) in [6, 6.07) is 2.76. The van der Waals surface area contributed by atoms with E-state index in [9.17, 15) is 44.3 Å². The highest BCUT2D eigenvalue weighted by atomic mass is 16.5. The van der Waals surface area contributed by atoms with Gasteiger partial charge in [0.2, 0.25) is 23.6 Å². The van der Waals surface area contributed by atoms with Crippen molar-refractivity contribution in [1.29, 1.82) is 0 Å². The Bertz CT molecular complexity index is 1210. The van der Waals surface area contributed by atoms with Crippen molar-refractivity contribution in [3.63, 3.8) is 0 Å². The lowest BCUT2D eigenvalue weighted by atomic mass is 10.0. The molecule has 6 amide bonds. The minimum Gasteiger partial charge on any atom is -0.507 e. The number of piperidine rings is 1. The van der Waals surface area contributed by atoms with Gasteiger partial charge in [-0.2, -0.15) is 0 Å². The summed E-state index contributed by atoms with van der Waals surface area (Å²) in [6.45, 7) is 1.63. The lowest BCUT2D eigenvalue weighted by Gasteiger charge is -2.29. The van der Waals surface area contributed by atoms with Gasteiger partial charge in [-0.3, -0.25) is 39.2 Å². The van der Waals surface area contributed by atoms with Gasteiger partial charge >= 0.3 is 0 Å². The van der Waals surface area contributed by atoms with Gasteiger partial charge < -0.3 is 31.3 Å². The molecule has 1 aromatic carbocycles. The first-order valence-electron chi connectivity index (χ1n) is 14.1. The van der Waals surface area contributed by atoms with E-state index in [-0.39, 0.29) is 56.8 Å². The summed E-state index contributed by atoms with van der Waals surface area (Å²) in [6.07, 6.45) is 1.26. The van der Waals surface area contributed by atoms with Crippen LogP contribution in [0.4, 0.5) is 0 Å². The summed E-state index contributed by atoms with van der Waals surface area (Å²) in [5.74, 6) is -3.45. The van der Waals surface area contributed by atoms with Gasteiger partial charge in [-0.25, -0.2) is 10.1 Å². The van der Waals surface area contributed by atoms with Crippen LogP contribution >= 0.6 is 0 Å². The van der Waals surface area contributed by atoms with Crippen LogP contribution in [0, 0.1) is 0 Å². The summed E-state index contributed by atoms with van der Waals surface area (Å²) in [7, 11) is 1.57. The Kier molecular flexibility index (Phi) is 11.8. The average molecular weight is 606 g/mol. The molecule has 2 fully saturated rings. The highest BCUT2D eigenvalue weighted by Gasteiger charge is 2.45. The van der Waals surface area contributed by atoms with Crippen molar-refractivity contribution in [2.24, 2.45) is 0 Å². The molecule has 4 atom stereocenters. The minimum atomic E-state index is -0.954. The van der Waals surface area contributed by atoms with Crippen molar-refractivity contribution >= 4 is 35.4 Å². The second-order valence-corrected chi connectivity index (χ2v) is 10.4. The van der Waals surface area contributed by atoms with Gasteiger partial charge in [-0.15, -0.1) is 0 Å². The molecular weight excluding hydrogens is 566 g/mol. The summed E-state index contributed by atoms with van der Waals surface area (Å²) >= 11 is 0. The molecular formula is C27H39N7O9. The number of hydroxylamine groups is 4. The van der Waals surface area contributed by atoms with Gasteiger partial charge in [0, 0.05) is 26.1 Å². The predicted octanol–water partition coefficient (Wildman–Crippen LogP) is -1.69. The molecule has 16 heteroatoms. The number of likely N-dealkylation sites (N-methyl/N-ethyl adjacent to an activating group) is 1. The average Bonchev–Trinajstić information content (AvgIpc) is 3.78. The third-order valence-corrected chi connectivity index (χ3v) is 7.25. The number of hydrogen-bond donors (Lipinski definition) is 7. The van der Waals surface area contributed by atoms with Crippen molar-refractivity contribution < 1.29 is 44.3 Å². The molecule has 0 saturated carbocycles. The number of rotatable bonds is 14. The zero-order valence-electron chi connectivity index (χ0n) is 24.1. The van der Waals surface area contributed by atoms with E-state index < -0.39 is 59.6 Å². The maximum absolute atomic E-state index is 12.5. The van der Waals surface area contributed by atoms with E-state index in [0.717, 1.165) is 0 Å². The summed E-state index contributed by atoms with van der Waals surface area (Å²) < 4.78 is 0. The molecule has 0 radical (unpaired) electrons. The van der Waals surface area contributed by atoms with E-state index in [1.54, 1.807) is 19.2 Å². The fraction of sp³-hybridized carbons (Fsp3) is 0.556. The topological polar surface area (TPSA) is 221 Å². The molecule has 0 unspecified atom stereocenters. The number of aromatic hydroxyl groups is 1. The summed E-state index contributed by atoms with van der Waals surface area (Å²) in [4.78, 5) is 75.3. The van der Waals surface area contributed by atoms with Crippen molar-refractivity contribution in [3.05, 3.63) is 29.8 Å². The molecule has 2 aliphatic rings. The smallest absolute Gasteiger partial charge is 0.268 e. The molecule has 0 aliphatic carbocycles. The number of benzene rings is 1. The normalized spacial score (nSPS) is 19.2. The van der Waals surface area contributed by atoms with E-state index in [2.05, 4.69) is 21.3 Å². The van der Waals surface area contributed by atoms with Crippen LogP contribution in [0.2, 0.25) is 0 Å². The Hall–Kier alpha value is -4.28. The van der Waals surface area contributed by atoms with Crippen molar-refractivity contribution in [2.75, 3.05) is 33.2 Å². The van der Waals surface area contributed by atoms with E-state index in [0.29, 0.717) is 23.0 Å². The first-order valence-corrected chi connectivity index (χ1v) is 14.1. The van der Waals surface area contributed by atoms with Crippen LogP contribution < -0.4 is 21.3 Å². The van der Waals surface area contributed by atoms with E-state index in [4.69, 9.17) is 0 Å². The molecule has 2 aliphatic heterocycles. The molecule has 3 rings (SSSR count). The Labute approximate surface area is 248 Å².